The molecule has 1 fully saturated rings. The number of anilines is 2. The Bertz CT molecular complexity index is 746. The molecule has 4 rings (SSSR count). The van der Waals surface area contributed by atoms with Crippen molar-refractivity contribution in [1.82, 2.24) is 15.3 Å². The molecule has 0 saturated carbocycles. The van der Waals surface area contributed by atoms with Crippen LogP contribution in [0.1, 0.15) is 35.6 Å². The molecule has 1 saturated heterocycles. The Labute approximate surface area is 141 Å². The molecule has 0 amide bonds. The van der Waals surface area contributed by atoms with E-state index in [1.807, 2.05) is 19.2 Å². The van der Waals surface area contributed by atoms with Gasteiger partial charge in [-0.1, -0.05) is 12.1 Å². The Balaban J connectivity index is 1.70. The Hall–Kier alpha value is -2.21. The van der Waals surface area contributed by atoms with Crippen molar-refractivity contribution in [2.75, 3.05) is 30.8 Å². The first-order chi connectivity index (χ1) is 11.7. The minimum Gasteiger partial charge on any atom is -0.368 e. The van der Waals surface area contributed by atoms with E-state index in [1.165, 1.54) is 17.7 Å². The molecule has 1 aromatic carbocycles. The molecule has 2 aliphatic rings. The number of nitrogens with one attached hydrogen (secondary N) is 1. The number of nitrogens with zero attached hydrogens (tertiary/aromatic N) is 3. The Morgan fingerprint density at radius 2 is 2.00 bits per heavy atom. The largest absolute Gasteiger partial charge is 0.368 e. The molecule has 1 aliphatic carbocycles. The molecule has 126 valence electrons. The minimum absolute atomic E-state index is 0.173. The van der Waals surface area contributed by atoms with E-state index >= 15 is 0 Å². The molecular weight excluding hydrogens is 305 g/mol. The number of likely N-dealkylation sites (N-methyl/N-ethyl adjacent to an activating group) is 1. The molecule has 24 heavy (non-hydrogen) atoms. The Morgan fingerprint density at radius 1 is 1.21 bits per heavy atom. The van der Waals surface area contributed by atoms with Crippen LogP contribution in [0.25, 0.3) is 0 Å². The maximum Gasteiger partial charge on any atom is 0.222 e. The van der Waals surface area contributed by atoms with Crippen LogP contribution in [-0.2, 0) is 6.42 Å². The van der Waals surface area contributed by atoms with Gasteiger partial charge in [-0.15, -0.1) is 0 Å². The quantitative estimate of drug-likeness (QED) is 0.903. The van der Waals surface area contributed by atoms with Crippen LogP contribution in [-0.4, -0.2) is 36.1 Å². The topological polar surface area (TPSA) is 67.1 Å². The Morgan fingerprint density at radius 3 is 2.71 bits per heavy atom. The lowest BCUT2D eigenvalue weighted by Crippen LogP contribution is -2.30. The third kappa shape index (κ3) is 2.60. The average Bonchev–Trinajstić information content (AvgIpc) is 3.21. The van der Waals surface area contributed by atoms with Gasteiger partial charge in [0.2, 0.25) is 5.95 Å². The van der Waals surface area contributed by atoms with E-state index < -0.39 is 0 Å². The molecule has 2 atom stereocenters. The van der Waals surface area contributed by atoms with Gasteiger partial charge in [0.25, 0.3) is 0 Å². The number of hydrogen-bond donors (Lipinski definition) is 2. The van der Waals surface area contributed by atoms with Gasteiger partial charge < -0.3 is 16.0 Å². The van der Waals surface area contributed by atoms with E-state index in [9.17, 15) is 4.39 Å². The second-order valence-corrected chi connectivity index (χ2v) is 6.63. The van der Waals surface area contributed by atoms with Crippen molar-refractivity contribution in [3.8, 4) is 0 Å². The van der Waals surface area contributed by atoms with Crippen LogP contribution in [0, 0.1) is 5.82 Å². The molecule has 0 bridgehead atoms. The summed E-state index contributed by atoms with van der Waals surface area (Å²) in [5, 5.41) is 3.33. The van der Waals surface area contributed by atoms with Gasteiger partial charge in [-0.3, -0.25) is 0 Å². The van der Waals surface area contributed by atoms with Crippen molar-refractivity contribution in [3.63, 3.8) is 0 Å². The maximum absolute atomic E-state index is 13.2. The third-order valence-corrected chi connectivity index (χ3v) is 5.22. The lowest BCUT2D eigenvalue weighted by atomic mass is 9.97. The van der Waals surface area contributed by atoms with Crippen LogP contribution in [0.2, 0.25) is 0 Å². The van der Waals surface area contributed by atoms with Gasteiger partial charge in [0.1, 0.15) is 11.6 Å². The van der Waals surface area contributed by atoms with Crippen LogP contribution >= 0.6 is 0 Å². The summed E-state index contributed by atoms with van der Waals surface area (Å²) in [7, 11) is 2.00. The summed E-state index contributed by atoms with van der Waals surface area (Å²) in [5.74, 6) is 1.27. The molecule has 1 aromatic heterocycles. The van der Waals surface area contributed by atoms with Crippen molar-refractivity contribution in [2.24, 2.45) is 0 Å². The Kier molecular flexibility index (Phi) is 3.84. The number of rotatable bonds is 3. The first-order valence-electron chi connectivity index (χ1n) is 8.49. The molecule has 0 radical (unpaired) electrons. The molecule has 2 aromatic rings. The molecule has 2 heterocycles. The van der Waals surface area contributed by atoms with E-state index in [1.54, 1.807) is 0 Å². The number of aromatic nitrogens is 2. The highest BCUT2D eigenvalue weighted by Crippen LogP contribution is 2.41. The zero-order valence-electron chi connectivity index (χ0n) is 13.8. The lowest BCUT2D eigenvalue weighted by molar-refractivity contribution is 0.616. The van der Waals surface area contributed by atoms with Crippen molar-refractivity contribution >= 4 is 11.8 Å². The lowest BCUT2D eigenvalue weighted by Gasteiger charge is -2.21. The van der Waals surface area contributed by atoms with Gasteiger partial charge in [-0.2, -0.15) is 4.98 Å². The summed E-state index contributed by atoms with van der Waals surface area (Å²) in [6, 6.07) is 7.21. The number of nitrogens with two attached hydrogens (primary N) is 1. The minimum atomic E-state index is -0.213. The van der Waals surface area contributed by atoms with Gasteiger partial charge in [0.05, 0.1) is 5.69 Å². The smallest absolute Gasteiger partial charge is 0.222 e. The average molecular weight is 327 g/mol. The SMILES string of the molecule is CNC1CCN(c2nc(N)nc3c2CCC3c2ccc(F)cc2)C1. The van der Waals surface area contributed by atoms with Crippen LogP contribution in [0.5, 0.6) is 0 Å². The fourth-order valence-electron chi connectivity index (χ4n) is 3.93. The fourth-order valence-corrected chi connectivity index (χ4v) is 3.93. The predicted octanol–water partition coefficient (Wildman–Crippen LogP) is 2.07. The first-order valence-corrected chi connectivity index (χ1v) is 8.49. The maximum atomic E-state index is 13.2. The van der Waals surface area contributed by atoms with E-state index in [-0.39, 0.29) is 11.7 Å². The van der Waals surface area contributed by atoms with Crippen molar-refractivity contribution in [2.45, 2.75) is 31.2 Å². The fraction of sp³-hybridized carbons (Fsp3) is 0.444. The molecule has 3 N–H and O–H groups in total. The van der Waals surface area contributed by atoms with Gasteiger partial charge in [0, 0.05) is 30.6 Å². The number of benzene rings is 1. The number of nitrogen functional groups attached to an aromatic ring is 1. The second kappa shape index (κ2) is 6.02. The van der Waals surface area contributed by atoms with E-state index in [0.717, 1.165) is 49.4 Å². The monoisotopic (exact) mass is 327 g/mol. The number of fused-ring (bicyclic) bond motifs is 1. The summed E-state index contributed by atoms with van der Waals surface area (Å²) < 4.78 is 13.2. The summed E-state index contributed by atoms with van der Waals surface area (Å²) in [6.07, 6.45) is 3.01. The third-order valence-electron chi connectivity index (χ3n) is 5.22. The standard InChI is InChI=1S/C18H22FN5/c1-21-13-8-9-24(10-13)17-15-7-6-14(16(15)22-18(20)23-17)11-2-4-12(19)5-3-11/h2-5,13-14,21H,6-10H2,1H3,(H2,20,22,23). The summed E-state index contributed by atoms with van der Waals surface area (Å²) in [4.78, 5) is 11.4. The zero-order valence-corrected chi connectivity index (χ0v) is 13.8. The highest BCUT2D eigenvalue weighted by Gasteiger charge is 2.32. The highest BCUT2D eigenvalue weighted by molar-refractivity contribution is 5.57. The highest BCUT2D eigenvalue weighted by atomic mass is 19.1. The van der Waals surface area contributed by atoms with Crippen LogP contribution < -0.4 is 16.0 Å². The van der Waals surface area contributed by atoms with E-state index in [4.69, 9.17) is 5.73 Å². The molecule has 5 nitrogen and oxygen atoms in total. The second-order valence-electron chi connectivity index (χ2n) is 6.63. The van der Waals surface area contributed by atoms with Crippen molar-refractivity contribution in [1.29, 1.82) is 0 Å². The van der Waals surface area contributed by atoms with E-state index in [2.05, 4.69) is 20.2 Å². The van der Waals surface area contributed by atoms with Gasteiger partial charge in [0.15, 0.2) is 0 Å². The zero-order chi connectivity index (χ0) is 16.7. The van der Waals surface area contributed by atoms with Gasteiger partial charge >= 0.3 is 0 Å². The number of hydrogen-bond acceptors (Lipinski definition) is 5. The normalized spacial score (nSPS) is 22.8. The molecule has 1 aliphatic heterocycles. The first kappa shape index (κ1) is 15.3. The summed E-state index contributed by atoms with van der Waals surface area (Å²) >= 11 is 0. The molecular formula is C18H22FN5. The molecule has 2 unspecified atom stereocenters. The molecule has 0 spiro atoms. The van der Waals surface area contributed by atoms with Gasteiger partial charge in [-0.05, 0) is 44.0 Å². The van der Waals surface area contributed by atoms with Crippen molar-refractivity contribution in [3.05, 3.63) is 46.9 Å². The van der Waals surface area contributed by atoms with Crippen LogP contribution in [0.4, 0.5) is 16.2 Å². The summed E-state index contributed by atoms with van der Waals surface area (Å²) in [5.41, 5.74) is 9.31. The van der Waals surface area contributed by atoms with Crippen LogP contribution in [0.15, 0.2) is 24.3 Å². The number of halogens is 1. The predicted molar refractivity (Wildman–Crippen MR) is 92.7 cm³/mol. The van der Waals surface area contributed by atoms with E-state index in [0.29, 0.717) is 12.0 Å². The molecule has 6 heteroatoms. The van der Waals surface area contributed by atoms with Crippen LogP contribution in [0.3, 0.4) is 0 Å². The summed E-state index contributed by atoms with van der Waals surface area (Å²) in [6.45, 7) is 1.93. The van der Waals surface area contributed by atoms with Crippen molar-refractivity contribution < 1.29 is 4.39 Å². The van der Waals surface area contributed by atoms with Gasteiger partial charge in [-0.25, -0.2) is 9.37 Å².